The molecular weight excluding hydrogens is 424 g/mol. The highest BCUT2D eigenvalue weighted by atomic mass is 127. The summed E-state index contributed by atoms with van der Waals surface area (Å²) in [5.74, 6) is 1.62. The van der Waals surface area contributed by atoms with Crippen LogP contribution in [-0.4, -0.2) is 57.4 Å². The van der Waals surface area contributed by atoms with Gasteiger partial charge in [0.25, 0.3) is 0 Å². The number of benzene rings is 1. The minimum Gasteiger partial charge on any atom is -0.489 e. The zero-order chi connectivity index (χ0) is 16.7. The number of hydrogen-bond donors (Lipinski definition) is 1. The van der Waals surface area contributed by atoms with E-state index in [4.69, 9.17) is 9.47 Å². The molecular formula is C17H27FIN3O2. The van der Waals surface area contributed by atoms with E-state index in [1.807, 2.05) is 14.0 Å². The molecule has 1 saturated heterocycles. The SMILES string of the molecule is CN=C(NCC(C)Oc1cccc(F)c1)N(C)CC1CCOC1.I. The molecule has 1 aliphatic rings. The molecule has 2 rings (SSSR count). The van der Waals surface area contributed by atoms with Crippen molar-refractivity contribution in [2.75, 3.05) is 40.4 Å². The zero-order valence-corrected chi connectivity index (χ0v) is 16.8. The van der Waals surface area contributed by atoms with Gasteiger partial charge in [-0.25, -0.2) is 4.39 Å². The van der Waals surface area contributed by atoms with Crippen molar-refractivity contribution in [1.29, 1.82) is 0 Å². The predicted molar refractivity (Wildman–Crippen MR) is 105 cm³/mol. The van der Waals surface area contributed by atoms with Gasteiger partial charge in [-0.15, -0.1) is 24.0 Å². The molecule has 1 aliphatic heterocycles. The molecule has 1 aromatic rings. The largest absolute Gasteiger partial charge is 0.489 e. The van der Waals surface area contributed by atoms with Crippen molar-refractivity contribution in [2.24, 2.45) is 10.9 Å². The number of nitrogens with one attached hydrogen (secondary N) is 1. The second-order valence-electron chi connectivity index (χ2n) is 5.92. The Morgan fingerprint density at radius 2 is 2.33 bits per heavy atom. The van der Waals surface area contributed by atoms with Crippen molar-refractivity contribution in [1.82, 2.24) is 10.2 Å². The first-order chi connectivity index (χ1) is 11.1. The van der Waals surface area contributed by atoms with Crippen molar-refractivity contribution < 1.29 is 13.9 Å². The molecule has 136 valence electrons. The number of nitrogens with zero attached hydrogens (tertiary/aromatic N) is 2. The van der Waals surface area contributed by atoms with E-state index in [1.165, 1.54) is 12.1 Å². The van der Waals surface area contributed by atoms with Crippen LogP contribution in [0.25, 0.3) is 0 Å². The van der Waals surface area contributed by atoms with E-state index < -0.39 is 0 Å². The maximum atomic E-state index is 13.2. The molecule has 0 spiro atoms. The monoisotopic (exact) mass is 451 g/mol. The number of aliphatic imine (C=N–C) groups is 1. The van der Waals surface area contributed by atoms with Gasteiger partial charge in [-0.1, -0.05) is 6.07 Å². The lowest BCUT2D eigenvalue weighted by atomic mass is 10.1. The fraction of sp³-hybridized carbons (Fsp3) is 0.588. The first-order valence-corrected chi connectivity index (χ1v) is 8.00. The van der Waals surface area contributed by atoms with Crippen LogP contribution in [-0.2, 0) is 4.74 Å². The molecule has 1 N–H and O–H groups in total. The summed E-state index contributed by atoms with van der Waals surface area (Å²) in [6, 6.07) is 6.18. The third-order valence-electron chi connectivity index (χ3n) is 3.81. The van der Waals surface area contributed by atoms with Gasteiger partial charge in [-0.05, 0) is 25.5 Å². The number of ether oxygens (including phenoxy) is 2. The summed E-state index contributed by atoms with van der Waals surface area (Å²) in [4.78, 5) is 6.40. The standard InChI is InChI=1S/C17H26FN3O2.HI/c1-13(23-16-6-4-5-15(18)9-16)10-20-17(19-2)21(3)11-14-7-8-22-12-14;/h4-6,9,13-14H,7-8,10-12H2,1-3H3,(H,19,20);1H. The Labute approximate surface area is 160 Å². The van der Waals surface area contributed by atoms with E-state index >= 15 is 0 Å². The van der Waals surface area contributed by atoms with Crippen LogP contribution in [0.4, 0.5) is 4.39 Å². The fourth-order valence-corrected chi connectivity index (χ4v) is 2.64. The van der Waals surface area contributed by atoms with Crippen LogP contribution in [0.2, 0.25) is 0 Å². The van der Waals surface area contributed by atoms with Crippen LogP contribution in [0.15, 0.2) is 29.3 Å². The van der Waals surface area contributed by atoms with E-state index in [0.717, 1.165) is 32.1 Å². The highest BCUT2D eigenvalue weighted by molar-refractivity contribution is 14.0. The number of hydrogen-bond acceptors (Lipinski definition) is 3. The lowest BCUT2D eigenvalue weighted by molar-refractivity contribution is 0.180. The second kappa shape index (κ2) is 10.7. The molecule has 1 heterocycles. The van der Waals surface area contributed by atoms with E-state index in [2.05, 4.69) is 15.2 Å². The minimum atomic E-state index is -0.294. The minimum absolute atomic E-state index is 0. The van der Waals surface area contributed by atoms with Gasteiger partial charge in [0.05, 0.1) is 13.2 Å². The maximum Gasteiger partial charge on any atom is 0.193 e. The van der Waals surface area contributed by atoms with Gasteiger partial charge in [-0.2, -0.15) is 0 Å². The smallest absolute Gasteiger partial charge is 0.193 e. The molecule has 2 unspecified atom stereocenters. The molecule has 0 amide bonds. The third kappa shape index (κ3) is 6.80. The van der Waals surface area contributed by atoms with E-state index in [-0.39, 0.29) is 35.9 Å². The molecule has 5 nitrogen and oxygen atoms in total. The Bertz CT molecular complexity index is 524. The molecule has 0 saturated carbocycles. The summed E-state index contributed by atoms with van der Waals surface area (Å²) >= 11 is 0. The van der Waals surface area contributed by atoms with Gasteiger partial charge < -0.3 is 19.7 Å². The number of halogens is 2. The second-order valence-corrected chi connectivity index (χ2v) is 5.92. The van der Waals surface area contributed by atoms with Gasteiger partial charge in [0.15, 0.2) is 5.96 Å². The highest BCUT2D eigenvalue weighted by Crippen LogP contribution is 2.14. The Balaban J connectivity index is 0.00000288. The normalized spacial score (nSPS) is 18.7. The first kappa shape index (κ1) is 21.0. The molecule has 0 aliphatic carbocycles. The quantitative estimate of drug-likeness (QED) is 0.411. The Kier molecular flexibility index (Phi) is 9.35. The fourth-order valence-electron chi connectivity index (χ4n) is 2.64. The van der Waals surface area contributed by atoms with Crippen molar-refractivity contribution in [2.45, 2.75) is 19.4 Å². The summed E-state index contributed by atoms with van der Waals surface area (Å²) in [5.41, 5.74) is 0. The molecule has 1 fully saturated rings. The molecule has 1 aromatic carbocycles. The first-order valence-electron chi connectivity index (χ1n) is 8.00. The summed E-state index contributed by atoms with van der Waals surface area (Å²) in [5, 5.41) is 3.29. The lowest BCUT2D eigenvalue weighted by Gasteiger charge is -2.25. The van der Waals surface area contributed by atoms with Gasteiger partial charge in [0.2, 0.25) is 0 Å². The van der Waals surface area contributed by atoms with Crippen LogP contribution in [0.5, 0.6) is 5.75 Å². The predicted octanol–water partition coefficient (Wildman–Crippen LogP) is 2.75. The zero-order valence-electron chi connectivity index (χ0n) is 14.5. The Hall–Kier alpha value is -1.09. The van der Waals surface area contributed by atoms with Crippen LogP contribution in [0.3, 0.4) is 0 Å². The molecule has 0 bridgehead atoms. The summed E-state index contributed by atoms with van der Waals surface area (Å²) < 4.78 is 24.3. The van der Waals surface area contributed by atoms with Crippen LogP contribution in [0, 0.1) is 11.7 Å². The van der Waals surface area contributed by atoms with E-state index in [9.17, 15) is 4.39 Å². The van der Waals surface area contributed by atoms with Crippen molar-refractivity contribution >= 4 is 29.9 Å². The average Bonchev–Trinajstić information content (AvgIpc) is 3.00. The number of rotatable bonds is 6. The molecule has 0 radical (unpaired) electrons. The van der Waals surface area contributed by atoms with Gasteiger partial charge in [0, 0.05) is 39.2 Å². The lowest BCUT2D eigenvalue weighted by Crippen LogP contribution is -2.44. The molecule has 0 aromatic heterocycles. The molecule has 7 heteroatoms. The maximum absolute atomic E-state index is 13.2. The van der Waals surface area contributed by atoms with Crippen LogP contribution in [0.1, 0.15) is 13.3 Å². The topological polar surface area (TPSA) is 46.1 Å². The summed E-state index contributed by atoms with van der Waals surface area (Å²) in [6.45, 7) is 5.12. The van der Waals surface area contributed by atoms with Crippen molar-refractivity contribution in [3.63, 3.8) is 0 Å². The highest BCUT2D eigenvalue weighted by Gasteiger charge is 2.19. The van der Waals surface area contributed by atoms with Crippen molar-refractivity contribution in [3.8, 4) is 5.75 Å². The van der Waals surface area contributed by atoms with Gasteiger partial charge in [-0.3, -0.25) is 4.99 Å². The summed E-state index contributed by atoms with van der Waals surface area (Å²) in [6.07, 6.45) is 0.997. The van der Waals surface area contributed by atoms with E-state index in [1.54, 1.807) is 19.2 Å². The molecule has 24 heavy (non-hydrogen) atoms. The van der Waals surface area contributed by atoms with E-state index in [0.29, 0.717) is 18.2 Å². The van der Waals surface area contributed by atoms with Crippen LogP contribution < -0.4 is 10.1 Å². The third-order valence-corrected chi connectivity index (χ3v) is 3.81. The Morgan fingerprint density at radius 1 is 1.54 bits per heavy atom. The summed E-state index contributed by atoms with van der Waals surface area (Å²) in [7, 11) is 3.79. The Morgan fingerprint density at radius 3 is 2.96 bits per heavy atom. The average molecular weight is 451 g/mol. The van der Waals surface area contributed by atoms with Crippen LogP contribution >= 0.6 is 24.0 Å². The van der Waals surface area contributed by atoms with Gasteiger partial charge >= 0.3 is 0 Å². The van der Waals surface area contributed by atoms with Crippen molar-refractivity contribution in [3.05, 3.63) is 30.1 Å². The number of guanidine groups is 1. The molecule has 2 atom stereocenters. The van der Waals surface area contributed by atoms with Gasteiger partial charge in [0.1, 0.15) is 17.7 Å².